The number of amides is 4. The van der Waals surface area contributed by atoms with E-state index in [0.29, 0.717) is 48.2 Å². The van der Waals surface area contributed by atoms with Gasteiger partial charge in [0, 0.05) is 53.4 Å². The minimum Gasteiger partial charge on any atom is -0.451 e. The molecule has 0 N–H and O–H groups in total. The van der Waals surface area contributed by atoms with Crippen LogP contribution in [0.1, 0.15) is 154 Å². The molecule has 4 aromatic rings. The van der Waals surface area contributed by atoms with E-state index in [1.165, 1.54) is 42.0 Å². The molecule has 20 nitrogen and oxygen atoms in total. The van der Waals surface area contributed by atoms with Gasteiger partial charge in [-0.05, 0) is 123 Å². The van der Waals surface area contributed by atoms with Gasteiger partial charge in [0.25, 0.3) is 23.6 Å². The molecule has 3 heterocycles. The SMILES string of the molecule is CC(C)C[C@H]1C(=O)O[C@H](Cc2ccc(Cn3nccc3C3(F)CC3)cc2)C(=O)N(C)[C@@H](CC(C)C)C(=O)O[C@H](C)C(=O)N(C)[C@@H](CC(C)C)C(=O)O[C@H](Cc2ccc(Cn3nccc3C3(F)CC3)cc2)C(=O)N(C)[C@@H](CC(C)C)C(=O)O[C@H](C)C(=O)N1C. The first-order chi connectivity index (χ1) is 41.4. The molecule has 4 amide bonds. The number of hydrogen-bond donors (Lipinski definition) is 0. The number of nitrogens with zero attached hydrogens (tertiary/aromatic N) is 8. The summed E-state index contributed by atoms with van der Waals surface area (Å²) in [7, 11) is 5.47. The van der Waals surface area contributed by atoms with E-state index in [1.54, 1.807) is 82.4 Å². The number of hydrogen-bond acceptors (Lipinski definition) is 14. The highest BCUT2D eigenvalue weighted by atomic mass is 19.1. The summed E-state index contributed by atoms with van der Waals surface area (Å²) < 4.78 is 57.8. The van der Waals surface area contributed by atoms with Crippen LogP contribution < -0.4 is 0 Å². The molecule has 3 aliphatic rings. The third kappa shape index (κ3) is 17.0. The number of rotatable bonds is 18. The van der Waals surface area contributed by atoms with Crippen molar-refractivity contribution < 1.29 is 66.1 Å². The molecule has 1 saturated heterocycles. The molecule has 0 radical (unpaired) electrons. The quantitative estimate of drug-likeness (QED) is 0.0679. The molecule has 2 aromatic heterocycles. The molecule has 0 bridgehead atoms. The number of aromatic nitrogens is 4. The Kier molecular flexibility index (Phi) is 22.2. The van der Waals surface area contributed by atoms with Crippen LogP contribution in [-0.4, -0.2) is 163 Å². The number of esters is 4. The van der Waals surface area contributed by atoms with Crippen molar-refractivity contribution in [1.29, 1.82) is 0 Å². The fraction of sp³-hybridized carbons (Fsp3) is 0.606. The van der Waals surface area contributed by atoms with E-state index in [2.05, 4.69) is 10.2 Å². The zero-order valence-corrected chi connectivity index (χ0v) is 53.6. The van der Waals surface area contributed by atoms with Crippen molar-refractivity contribution >= 4 is 47.5 Å². The average molecular weight is 1230 g/mol. The van der Waals surface area contributed by atoms with E-state index in [0.717, 1.165) is 30.7 Å². The predicted molar refractivity (Wildman–Crippen MR) is 322 cm³/mol. The Morgan fingerprint density at radius 1 is 0.420 bits per heavy atom. The number of cyclic esters (lactones) is 4. The maximum atomic E-state index is 15.2. The first-order valence-electron chi connectivity index (χ1n) is 30.9. The lowest BCUT2D eigenvalue weighted by atomic mass is 9.99. The van der Waals surface area contributed by atoms with Crippen LogP contribution in [0.2, 0.25) is 0 Å². The molecule has 8 atom stereocenters. The molecule has 480 valence electrons. The summed E-state index contributed by atoms with van der Waals surface area (Å²) in [6.45, 7) is 17.9. The number of alkyl halides is 2. The third-order valence-electron chi connectivity index (χ3n) is 16.8. The molecule has 1 aliphatic heterocycles. The van der Waals surface area contributed by atoms with Crippen LogP contribution in [0.15, 0.2) is 73.1 Å². The van der Waals surface area contributed by atoms with E-state index in [4.69, 9.17) is 18.9 Å². The van der Waals surface area contributed by atoms with Gasteiger partial charge in [0.2, 0.25) is 0 Å². The summed E-state index contributed by atoms with van der Waals surface area (Å²) in [5, 5.41) is 8.69. The van der Waals surface area contributed by atoms with Crippen molar-refractivity contribution in [3.8, 4) is 0 Å². The molecule has 2 aliphatic carbocycles. The molecule has 0 unspecified atom stereocenters. The Morgan fingerprint density at radius 2 is 0.682 bits per heavy atom. The second-order valence-corrected chi connectivity index (χ2v) is 26.1. The fourth-order valence-electron chi connectivity index (χ4n) is 11.2. The zero-order valence-electron chi connectivity index (χ0n) is 53.6. The van der Waals surface area contributed by atoms with Gasteiger partial charge in [-0.25, -0.2) is 28.0 Å². The van der Waals surface area contributed by atoms with Gasteiger partial charge in [-0.2, -0.15) is 10.2 Å². The highest BCUT2D eigenvalue weighted by Crippen LogP contribution is 2.50. The van der Waals surface area contributed by atoms with Gasteiger partial charge in [-0.15, -0.1) is 0 Å². The van der Waals surface area contributed by atoms with Gasteiger partial charge < -0.3 is 38.5 Å². The summed E-state index contributed by atoms with van der Waals surface area (Å²) in [5.41, 5.74) is 0.796. The van der Waals surface area contributed by atoms with E-state index < -0.39 is 107 Å². The standard InChI is InChI=1S/C66H90F2N8O12/c1-39(2)31-49-61(81)85-43(9)57(77)71(11)52(34-42(7)8)64(84)88-54(36-46-17-21-48(22-18-46)38-76-56(24-30-70-76)66(68)27-28-66)60(80)74(14)50(32-40(3)4)62(82)86-44(10)58(78)72(12)51(33-41(5)6)63(83)87-53(59(79)73(49)13)35-45-15-19-47(20-16-45)37-75-55(23-29-69-75)65(67)25-26-65/h15-24,29-30,39-44,49-54H,25-28,31-38H2,1-14H3/t43-,44-,49+,50+,51+,52+,53-,54-/m1/s1. The number of carbonyl (C=O) groups is 8. The van der Waals surface area contributed by atoms with Crippen LogP contribution in [0.25, 0.3) is 0 Å². The molecular formula is C66H90F2N8O12. The molecule has 88 heavy (non-hydrogen) atoms. The van der Waals surface area contributed by atoms with Gasteiger partial charge in [0.05, 0.1) is 24.5 Å². The maximum absolute atomic E-state index is 15.2. The van der Waals surface area contributed by atoms with Crippen molar-refractivity contribution in [3.05, 3.63) is 107 Å². The molecule has 3 fully saturated rings. The lowest BCUT2D eigenvalue weighted by Crippen LogP contribution is -2.55. The number of likely N-dealkylation sites (N-methyl/N-ethyl adjacent to an activating group) is 4. The van der Waals surface area contributed by atoms with Gasteiger partial charge in [0.1, 0.15) is 24.2 Å². The van der Waals surface area contributed by atoms with Crippen LogP contribution in [0, 0.1) is 23.7 Å². The topological polar surface area (TPSA) is 222 Å². The normalized spacial score (nSPS) is 24.7. The van der Waals surface area contributed by atoms with Crippen LogP contribution in [0.5, 0.6) is 0 Å². The van der Waals surface area contributed by atoms with Gasteiger partial charge in [-0.1, -0.05) is 104 Å². The Morgan fingerprint density at radius 3 is 0.955 bits per heavy atom. The third-order valence-corrected chi connectivity index (χ3v) is 16.8. The van der Waals surface area contributed by atoms with Gasteiger partial charge >= 0.3 is 23.9 Å². The summed E-state index contributed by atoms with van der Waals surface area (Å²) >= 11 is 0. The molecule has 0 spiro atoms. The Bertz CT molecular complexity index is 2890. The Labute approximate surface area is 515 Å². The summed E-state index contributed by atoms with van der Waals surface area (Å²) in [6, 6.07) is 12.2. The molecule has 22 heteroatoms. The maximum Gasteiger partial charge on any atom is 0.329 e. The van der Waals surface area contributed by atoms with E-state index in [9.17, 15) is 28.8 Å². The van der Waals surface area contributed by atoms with Gasteiger partial charge in [0.15, 0.2) is 35.8 Å². The minimum atomic E-state index is -1.59. The first kappa shape index (κ1) is 68.0. The second-order valence-electron chi connectivity index (χ2n) is 26.1. The summed E-state index contributed by atoms with van der Waals surface area (Å²) in [5.74, 6) is -7.88. The largest absolute Gasteiger partial charge is 0.451 e. The number of carbonyl (C=O) groups excluding carboxylic acids is 8. The van der Waals surface area contributed by atoms with Crippen molar-refractivity contribution in [2.45, 2.75) is 206 Å². The molecule has 2 saturated carbocycles. The molecular weight excluding hydrogens is 1130 g/mol. The minimum absolute atomic E-state index is 0.0462. The Balaban J connectivity index is 1.24. The van der Waals surface area contributed by atoms with Gasteiger partial charge in [-0.3, -0.25) is 28.5 Å². The predicted octanol–water partition coefficient (Wildman–Crippen LogP) is 8.07. The van der Waals surface area contributed by atoms with Crippen molar-refractivity contribution in [2.24, 2.45) is 23.7 Å². The Hall–Kier alpha value is -7.52. The van der Waals surface area contributed by atoms with Crippen molar-refractivity contribution in [2.75, 3.05) is 28.2 Å². The highest BCUT2D eigenvalue weighted by Gasteiger charge is 2.49. The number of ether oxygens (including phenoxy) is 4. The lowest BCUT2D eigenvalue weighted by Gasteiger charge is -2.35. The fourth-order valence-corrected chi connectivity index (χ4v) is 11.2. The first-order valence-corrected chi connectivity index (χ1v) is 30.9. The second kappa shape index (κ2) is 28.8. The van der Waals surface area contributed by atoms with Crippen LogP contribution in [0.4, 0.5) is 8.78 Å². The van der Waals surface area contributed by atoms with E-state index in [1.807, 2.05) is 55.4 Å². The smallest absolute Gasteiger partial charge is 0.329 e. The highest BCUT2D eigenvalue weighted by molar-refractivity contribution is 5.94. The lowest BCUT2D eigenvalue weighted by molar-refractivity contribution is -0.176. The molecule has 7 rings (SSSR count). The summed E-state index contributed by atoms with van der Waals surface area (Å²) in [6.07, 6.45) is -1.67. The van der Waals surface area contributed by atoms with Crippen molar-refractivity contribution in [1.82, 2.24) is 39.2 Å². The summed E-state index contributed by atoms with van der Waals surface area (Å²) in [4.78, 5) is 123. The van der Waals surface area contributed by atoms with E-state index >= 15 is 18.4 Å². The molecule has 2 aromatic carbocycles. The van der Waals surface area contributed by atoms with Crippen LogP contribution in [-0.2, 0) is 94.6 Å². The average Bonchev–Trinajstić information content (AvgIpc) is 3.78. The van der Waals surface area contributed by atoms with Crippen LogP contribution in [0.3, 0.4) is 0 Å². The van der Waals surface area contributed by atoms with Crippen molar-refractivity contribution in [3.63, 3.8) is 0 Å². The van der Waals surface area contributed by atoms with Crippen LogP contribution >= 0.6 is 0 Å². The number of benzene rings is 2. The number of halogens is 2. The van der Waals surface area contributed by atoms with E-state index in [-0.39, 0.29) is 75.3 Å². The monoisotopic (exact) mass is 1220 g/mol. The zero-order chi connectivity index (χ0) is 64.7.